The molecule has 0 radical (unpaired) electrons. The number of nitrogens with one attached hydrogen (secondary N) is 2. The van der Waals surface area contributed by atoms with E-state index < -0.39 is 0 Å². The van der Waals surface area contributed by atoms with Crippen LogP contribution in [0.4, 0.5) is 0 Å². The van der Waals surface area contributed by atoms with E-state index in [1.165, 1.54) is 0 Å². The maximum atomic E-state index is 11.6. The van der Waals surface area contributed by atoms with Crippen LogP contribution in [0.15, 0.2) is 12.1 Å². The van der Waals surface area contributed by atoms with Crippen molar-refractivity contribution in [1.29, 1.82) is 5.26 Å². The molecule has 0 atom stereocenters. The van der Waals surface area contributed by atoms with Gasteiger partial charge in [0.1, 0.15) is 12.2 Å². The predicted octanol–water partition coefficient (Wildman–Crippen LogP) is 1.48. The molecule has 0 aliphatic carbocycles. The van der Waals surface area contributed by atoms with Crippen LogP contribution in [0, 0.1) is 25.2 Å². The number of carbonyl (C=O) groups is 2. The van der Waals surface area contributed by atoms with Crippen LogP contribution in [-0.4, -0.2) is 31.5 Å². The van der Waals surface area contributed by atoms with Crippen LogP contribution in [0.1, 0.15) is 17.5 Å². The molecule has 2 N–H and O–H groups in total. The summed E-state index contributed by atoms with van der Waals surface area (Å²) in [4.78, 5) is 22.6. The number of carbonyl (C=O) groups excluding carboxylic acids is 2. The van der Waals surface area contributed by atoms with Gasteiger partial charge in [0, 0.05) is 18.1 Å². The van der Waals surface area contributed by atoms with E-state index in [9.17, 15) is 9.59 Å². The number of hydrogen-bond acceptors (Lipinski definition) is 4. The first-order valence-electron chi connectivity index (χ1n) is 6.74. The first-order chi connectivity index (χ1) is 10.4. The molecule has 22 heavy (non-hydrogen) atoms. The van der Waals surface area contributed by atoms with E-state index >= 15 is 0 Å². The van der Waals surface area contributed by atoms with Crippen LogP contribution < -0.4 is 15.4 Å². The lowest BCUT2D eigenvalue weighted by molar-refractivity contribution is -0.123. The molecule has 0 saturated heterocycles. The number of ether oxygens (including phenoxy) is 1. The Bertz CT molecular complexity index is 573. The summed E-state index contributed by atoms with van der Waals surface area (Å²) in [6.07, 6.45) is -0.188. The van der Waals surface area contributed by atoms with Crippen LogP contribution in [0.25, 0.3) is 0 Å². The maximum Gasteiger partial charge on any atom is 0.258 e. The highest BCUT2D eigenvalue weighted by Gasteiger charge is 2.06. The van der Waals surface area contributed by atoms with Gasteiger partial charge in [-0.3, -0.25) is 9.59 Å². The summed E-state index contributed by atoms with van der Waals surface area (Å²) in [5.41, 5.74) is 1.77. The molecule has 0 aliphatic heterocycles. The summed E-state index contributed by atoms with van der Waals surface area (Å²) in [5.74, 6) is -0.0724. The predicted molar refractivity (Wildman–Crippen MR) is 82.7 cm³/mol. The number of amides is 2. The SMILES string of the molecule is Cc1cc(OCC(=O)NCCNC(=O)CC#N)cc(C)c1Cl. The topological polar surface area (TPSA) is 91.2 Å². The minimum atomic E-state index is -0.361. The molecular weight excluding hydrogens is 306 g/mol. The van der Waals surface area contributed by atoms with Gasteiger partial charge in [0.15, 0.2) is 6.61 Å². The molecule has 7 heteroatoms. The zero-order chi connectivity index (χ0) is 16.5. The Morgan fingerprint density at radius 3 is 2.27 bits per heavy atom. The maximum absolute atomic E-state index is 11.6. The number of hydrogen-bond donors (Lipinski definition) is 2. The third-order valence-electron chi connectivity index (χ3n) is 2.79. The lowest BCUT2D eigenvalue weighted by atomic mass is 10.1. The molecule has 1 aromatic carbocycles. The van der Waals surface area contributed by atoms with Crippen molar-refractivity contribution in [2.75, 3.05) is 19.7 Å². The lowest BCUT2D eigenvalue weighted by Crippen LogP contribution is -2.36. The molecule has 0 bridgehead atoms. The van der Waals surface area contributed by atoms with Crippen molar-refractivity contribution in [2.24, 2.45) is 0 Å². The number of rotatable bonds is 7. The zero-order valence-electron chi connectivity index (χ0n) is 12.5. The fraction of sp³-hybridized carbons (Fsp3) is 0.400. The van der Waals surface area contributed by atoms with Gasteiger partial charge in [0.05, 0.1) is 6.07 Å². The second-order valence-corrected chi connectivity index (χ2v) is 5.07. The Morgan fingerprint density at radius 2 is 1.73 bits per heavy atom. The van der Waals surface area contributed by atoms with Gasteiger partial charge in [-0.05, 0) is 37.1 Å². The number of aryl methyl sites for hydroxylation is 2. The first-order valence-corrected chi connectivity index (χ1v) is 7.11. The summed E-state index contributed by atoms with van der Waals surface area (Å²) in [7, 11) is 0. The van der Waals surface area contributed by atoms with E-state index in [0.29, 0.717) is 10.8 Å². The van der Waals surface area contributed by atoms with Gasteiger partial charge >= 0.3 is 0 Å². The normalized spacial score (nSPS) is 9.73. The van der Waals surface area contributed by atoms with Gasteiger partial charge in [0.2, 0.25) is 5.91 Å². The number of nitrogens with zero attached hydrogens (tertiary/aromatic N) is 1. The van der Waals surface area contributed by atoms with E-state index in [1.54, 1.807) is 18.2 Å². The molecule has 0 saturated carbocycles. The highest BCUT2D eigenvalue weighted by atomic mass is 35.5. The standard InChI is InChI=1S/C15H18ClN3O3/c1-10-7-12(8-11(2)15(10)16)22-9-14(21)19-6-5-18-13(20)3-4-17/h7-8H,3,5-6,9H2,1-2H3,(H,18,20)(H,19,21). The Labute approximate surface area is 134 Å². The number of benzene rings is 1. The molecule has 0 heterocycles. The molecule has 1 aromatic rings. The van der Waals surface area contributed by atoms with Crippen molar-refractivity contribution in [3.05, 3.63) is 28.3 Å². The summed E-state index contributed by atoms with van der Waals surface area (Å²) >= 11 is 6.06. The smallest absolute Gasteiger partial charge is 0.258 e. The molecule has 1 rings (SSSR count). The molecular formula is C15H18ClN3O3. The van der Waals surface area contributed by atoms with Crippen LogP contribution in [0.5, 0.6) is 5.75 Å². The number of nitriles is 1. The van der Waals surface area contributed by atoms with E-state index in [-0.39, 0.29) is 37.9 Å². The van der Waals surface area contributed by atoms with Crippen molar-refractivity contribution in [1.82, 2.24) is 10.6 Å². The quantitative estimate of drug-likeness (QED) is 0.744. The van der Waals surface area contributed by atoms with Gasteiger partial charge in [0.25, 0.3) is 5.91 Å². The Balaban J connectivity index is 2.29. The average molecular weight is 324 g/mol. The van der Waals surface area contributed by atoms with Crippen molar-refractivity contribution >= 4 is 23.4 Å². The highest BCUT2D eigenvalue weighted by Crippen LogP contribution is 2.25. The molecule has 2 amide bonds. The minimum absolute atomic E-state index is 0.118. The molecule has 6 nitrogen and oxygen atoms in total. The lowest BCUT2D eigenvalue weighted by Gasteiger charge is -2.10. The van der Waals surface area contributed by atoms with E-state index in [0.717, 1.165) is 11.1 Å². The minimum Gasteiger partial charge on any atom is -0.484 e. The molecule has 0 aromatic heterocycles. The monoisotopic (exact) mass is 323 g/mol. The summed E-state index contributed by atoms with van der Waals surface area (Å²) in [5, 5.41) is 14.1. The van der Waals surface area contributed by atoms with Crippen LogP contribution >= 0.6 is 11.6 Å². The van der Waals surface area contributed by atoms with Gasteiger partial charge < -0.3 is 15.4 Å². The fourth-order valence-electron chi connectivity index (χ4n) is 1.73. The van der Waals surface area contributed by atoms with Crippen LogP contribution in [0.2, 0.25) is 5.02 Å². The third-order valence-corrected chi connectivity index (χ3v) is 3.39. The van der Waals surface area contributed by atoms with Crippen LogP contribution in [-0.2, 0) is 9.59 Å². The van der Waals surface area contributed by atoms with Gasteiger partial charge in [-0.2, -0.15) is 5.26 Å². The zero-order valence-corrected chi connectivity index (χ0v) is 13.3. The van der Waals surface area contributed by atoms with E-state index in [4.69, 9.17) is 21.6 Å². The van der Waals surface area contributed by atoms with Crippen molar-refractivity contribution < 1.29 is 14.3 Å². The molecule has 118 valence electrons. The Morgan fingerprint density at radius 1 is 1.18 bits per heavy atom. The van der Waals surface area contributed by atoms with Crippen molar-refractivity contribution in [2.45, 2.75) is 20.3 Å². The van der Waals surface area contributed by atoms with E-state index in [1.807, 2.05) is 13.8 Å². The van der Waals surface area contributed by atoms with Crippen molar-refractivity contribution in [3.8, 4) is 11.8 Å². The molecule has 0 fully saturated rings. The Hall–Kier alpha value is -2.26. The summed E-state index contributed by atoms with van der Waals surface area (Å²) in [6.45, 7) is 4.16. The largest absolute Gasteiger partial charge is 0.484 e. The second kappa shape index (κ2) is 8.90. The Kier molecular flexibility index (Phi) is 7.20. The summed E-state index contributed by atoms with van der Waals surface area (Å²) < 4.78 is 5.40. The third kappa shape index (κ3) is 6.02. The van der Waals surface area contributed by atoms with Gasteiger partial charge in [-0.15, -0.1) is 0 Å². The average Bonchev–Trinajstić information content (AvgIpc) is 2.47. The molecule has 0 spiro atoms. The van der Waals surface area contributed by atoms with Gasteiger partial charge in [-0.25, -0.2) is 0 Å². The molecule has 0 aliphatic rings. The van der Waals surface area contributed by atoms with Gasteiger partial charge in [-0.1, -0.05) is 11.6 Å². The highest BCUT2D eigenvalue weighted by molar-refractivity contribution is 6.32. The fourth-order valence-corrected chi connectivity index (χ4v) is 1.84. The van der Waals surface area contributed by atoms with Crippen molar-refractivity contribution in [3.63, 3.8) is 0 Å². The second-order valence-electron chi connectivity index (χ2n) is 4.69. The molecule has 0 unspecified atom stereocenters. The van der Waals surface area contributed by atoms with Crippen LogP contribution in [0.3, 0.4) is 0 Å². The first kappa shape index (κ1) is 17.8. The van der Waals surface area contributed by atoms with E-state index in [2.05, 4.69) is 10.6 Å². The summed E-state index contributed by atoms with van der Waals surface area (Å²) in [6, 6.07) is 5.28. The number of halogens is 1.